The molecule has 0 spiro atoms. The average molecular weight is 338 g/mol. The van der Waals surface area contributed by atoms with Gasteiger partial charge in [-0.15, -0.1) is 0 Å². The van der Waals surface area contributed by atoms with Gasteiger partial charge in [0.1, 0.15) is 6.61 Å². The predicted octanol–water partition coefficient (Wildman–Crippen LogP) is 3.68. The third kappa shape index (κ3) is 4.81. The molecule has 2 rings (SSSR count). The highest BCUT2D eigenvalue weighted by atomic mass is 16.6. The van der Waals surface area contributed by atoms with Gasteiger partial charge in [-0.3, -0.25) is 0 Å². The first kappa shape index (κ1) is 18.0. The largest absolute Gasteiger partial charge is 0.493 e. The highest BCUT2D eigenvalue weighted by molar-refractivity contribution is 5.84. The van der Waals surface area contributed by atoms with Crippen molar-refractivity contribution in [3.8, 4) is 22.6 Å². The Kier molecular flexibility index (Phi) is 6.12. The molecular weight excluding hydrogens is 320 g/mol. The van der Waals surface area contributed by atoms with Crippen LogP contribution in [0.4, 0.5) is 0 Å². The fourth-order valence-electron chi connectivity index (χ4n) is 2.09. The van der Waals surface area contributed by atoms with E-state index in [0.717, 1.165) is 28.8 Å². The van der Waals surface area contributed by atoms with Crippen molar-refractivity contribution in [3.05, 3.63) is 73.3 Å². The number of carbonyl (C=O) groups is 2. The minimum Gasteiger partial charge on any atom is -0.493 e. The molecule has 0 unspecified atom stereocenters. The summed E-state index contributed by atoms with van der Waals surface area (Å²) in [6, 6.07) is 12.8. The van der Waals surface area contributed by atoms with Gasteiger partial charge in [-0.25, -0.2) is 9.59 Å². The molecule has 0 saturated carbocycles. The van der Waals surface area contributed by atoms with Gasteiger partial charge in [-0.1, -0.05) is 43.5 Å². The molecule has 0 amide bonds. The highest BCUT2D eigenvalue weighted by Crippen LogP contribution is 2.32. The normalized spacial score (nSPS) is 9.80. The summed E-state index contributed by atoms with van der Waals surface area (Å²) < 4.78 is 15.4. The van der Waals surface area contributed by atoms with E-state index < -0.39 is 11.9 Å². The molecule has 2 aromatic rings. The van der Waals surface area contributed by atoms with Crippen molar-refractivity contribution < 1.29 is 23.8 Å². The second-order valence-corrected chi connectivity index (χ2v) is 5.00. The lowest BCUT2D eigenvalue weighted by molar-refractivity contribution is -0.139. The minimum atomic E-state index is -0.551. The number of hydrogen-bond donors (Lipinski definition) is 0. The Hall–Kier alpha value is -3.34. The van der Waals surface area contributed by atoms with Crippen molar-refractivity contribution in [1.82, 2.24) is 0 Å². The van der Waals surface area contributed by atoms with Gasteiger partial charge < -0.3 is 14.2 Å². The average Bonchev–Trinajstić information content (AvgIpc) is 2.66. The SMILES string of the molecule is C=CC(=O)OCc1ccc(-c2ccc(OC(=O)C=C)c(OC)c2)cc1. The summed E-state index contributed by atoms with van der Waals surface area (Å²) in [5.74, 6) is -0.247. The fraction of sp³-hybridized carbons (Fsp3) is 0.100. The van der Waals surface area contributed by atoms with Crippen LogP contribution in [0, 0.1) is 0 Å². The molecule has 0 radical (unpaired) electrons. The molecule has 0 aliphatic carbocycles. The Morgan fingerprint density at radius 2 is 1.56 bits per heavy atom. The Labute approximate surface area is 146 Å². The zero-order valence-electron chi connectivity index (χ0n) is 13.9. The van der Waals surface area contributed by atoms with E-state index in [-0.39, 0.29) is 6.61 Å². The van der Waals surface area contributed by atoms with Gasteiger partial charge >= 0.3 is 11.9 Å². The smallest absolute Gasteiger partial charge is 0.335 e. The van der Waals surface area contributed by atoms with Crippen molar-refractivity contribution in [2.75, 3.05) is 7.11 Å². The van der Waals surface area contributed by atoms with Crippen LogP contribution in [0.25, 0.3) is 11.1 Å². The number of hydrogen-bond acceptors (Lipinski definition) is 5. The van der Waals surface area contributed by atoms with Crippen LogP contribution >= 0.6 is 0 Å². The maximum atomic E-state index is 11.3. The second kappa shape index (κ2) is 8.49. The lowest BCUT2D eigenvalue weighted by Gasteiger charge is -2.11. The number of rotatable bonds is 7. The molecule has 0 aromatic heterocycles. The van der Waals surface area contributed by atoms with Crippen LogP contribution in [-0.4, -0.2) is 19.0 Å². The summed E-state index contributed by atoms with van der Waals surface area (Å²) >= 11 is 0. The van der Waals surface area contributed by atoms with Gasteiger partial charge in [0.05, 0.1) is 7.11 Å². The van der Waals surface area contributed by atoms with Crippen molar-refractivity contribution in [2.24, 2.45) is 0 Å². The van der Waals surface area contributed by atoms with E-state index in [4.69, 9.17) is 14.2 Å². The molecule has 0 heterocycles. The molecule has 0 saturated heterocycles. The molecule has 5 heteroatoms. The first-order chi connectivity index (χ1) is 12.1. The van der Waals surface area contributed by atoms with E-state index in [1.165, 1.54) is 7.11 Å². The Balaban J connectivity index is 2.17. The quantitative estimate of drug-likeness (QED) is 0.438. The zero-order chi connectivity index (χ0) is 18.2. The third-order valence-electron chi connectivity index (χ3n) is 3.38. The summed E-state index contributed by atoms with van der Waals surface area (Å²) in [4.78, 5) is 22.4. The Bertz CT molecular complexity index is 790. The van der Waals surface area contributed by atoms with Crippen molar-refractivity contribution >= 4 is 11.9 Å². The standard InChI is InChI=1S/C20H18O5/c1-4-19(21)24-13-14-6-8-15(9-7-14)16-10-11-17(18(12-16)23-3)25-20(22)5-2/h4-12H,1-2,13H2,3H3. The van der Waals surface area contributed by atoms with E-state index in [1.54, 1.807) is 12.1 Å². The Morgan fingerprint density at radius 1 is 0.920 bits per heavy atom. The molecule has 0 aliphatic heterocycles. The van der Waals surface area contributed by atoms with Crippen LogP contribution in [0.15, 0.2) is 67.8 Å². The van der Waals surface area contributed by atoms with Gasteiger partial charge in [0.2, 0.25) is 0 Å². The fourth-order valence-corrected chi connectivity index (χ4v) is 2.09. The highest BCUT2D eigenvalue weighted by Gasteiger charge is 2.10. The summed E-state index contributed by atoms with van der Waals surface area (Å²) in [7, 11) is 1.50. The van der Waals surface area contributed by atoms with E-state index in [0.29, 0.717) is 11.5 Å². The number of methoxy groups -OCH3 is 1. The van der Waals surface area contributed by atoms with Gasteiger partial charge in [-0.2, -0.15) is 0 Å². The van der Waals surface area contributed by atoms with Crippen LogP contribution in [0.2, 0.25) is 0 Å². The summed E-state index contributed by atoms with van der Waals surface area (Å²) in [5, 5.41) is 0. The van der Waals surface area contributed by atoms with Crippen molar-refractivity contribution in [1.29, 1.82) is 0 Å². The van der Waals surface area contributed by atoms with Crippen LogP contribution in [0.5, 0.6) is 11.5 Å². The van der Waals surface area contributed by atoms with Crippen LogP contribution in [0.3, 0.4) is 0 Å². The van der Waals surface area contributed by atoms with E-state index >= 15 is 0 Å². The molecular formula is C20H18O5. The molecule has 2 aromatic carbocycles. The molecule has 25 heavy (non-hydrogen) atoms. The molecule has 128 valence electrons. The van der Waals surface area contributed by atoms with E-state index in [1.807, 2.05) is 30.3 Å². The van der Waals surface area contributed by atoms with Gasteiger partial charge in [0, 0.05) is 12.2 Å². The number of carbonyl (C=O) groups excluding carboxylic acids is 2. The molecule has 5 nitrogen and oxygen atoms in total. The summed E-state index contributed by atoms with van der Waals surface area (Å²) in [5.41, 5.74) is 2.70. The van der Waals surface area contributed by atoms with E-state index in [2.05, 4.69) is 13.2 Å². The minimum absolute atomic E-state index is 0.185. The predicted molar refractivity (Wildman–Crippen MR) is 94.3 cm³/mol. The number of ether oxygens (including phenoxy) is 3. The van der Waals surface area contributed by atoms with Gasteiger partial charge in [0.15, 0.2) is 11.5 Å². The Morgan fingerprint density at radius 3 is 2.16 bits per heavy atom. The van der Waals surface area contributed by atoms with E-state index in [9.17, 15) is 9.59 Å². The zero-order valence-corrected chi connectivity index (χ0v) is 13.9. The topological polar surface area (TPSA) is 61.8 Å². The number of benzene rings is 2. The summed E-state index contributed by atoms with van der Waals surface area (Å²) in [6.45, 7) is 6.90. The second-order valence-electron chi connectivity index (χ2n) is 5.00. The van der Waals surface area contributed by atoms with Crippen LogP contribution < -0.4 is 9.47 Å². The lowest BCUT2D eigenvalue weighted by atomic mass is 10.0. The molecule has 0 bridgehead atoms. The molecule has 0 atom stereocenters. The van der Waals surface area contributed by atoms with Crippen LogP contribution in [0.1, 0.15) is 5.56 Å². The van der Waals surface area contributed by atoms with Crippen molar-refractivity contribution in [3.63, 3.8) is 0 Å². The van der Waals surface area contributed by atoms with Gasteiger partial charge in [-0.05, 0) is 28.8 Å². The summed E-state index contributed by atoms with van der Waals surface area (Å²) in [6.07, 6.45) is 2.21. The third-order valence-corrected chi connectivity index (χ3v) is 3.38. The maximum absolute atomic E-state index is 11.3. The molecule has 0 N–H and O–H groups in total. The first-order valence-electron chi connectivity index (χ1n) is 7.48. The van der Waals surface area contributed by atoms with Crippen LogP contribution in [-0.2, 0) is 20.9 Å². The number of esters is 2. The molecule has 0 fully saturated rings. The maximum Gasteiger partial charge on any atom is 0.335 e. The molecule has 0 aliphatic rings. The van der Waals surface area contributed by atoms with Crippen molar-refractivity contribution in [2.45, 2.75) is 6.61 Å². The van der Waals surface area contributed by atoms with Gasteiger partial charge in [0.25, 0.3) is 0 Å². The lowest BCUT2D eigenvalue weighted by Crippen LogP contribution is -2.04. The monoisotopic (exact) mass is 338 g/mol. The first-order valence-corrected chi connectivity index (χ1v) is 7.48.